The van der Waals surface area contributed by atoms with Gasteiger partial charge in [0.05, 0.1) is 0 Å². The minimum absolute atomic E-state index is 0.435. The van der Waals surface area contributed by atoms with Gasteiger partial charge in [0.1, 0.15) is 0 Å². The van der Waals surface area contributed by atoms with E-state index in [1.165, 1.54) is 58.0 Å². The second-order valence-electron chi connectivity index (χ2n) is 7.74. The Hall–Kier alpha value is -0.570. The van der Waals surface area contributed by atoms with E-state index in [0.717, 1.165) is 37.3 Å². The number of likely N-dealkylation sites (tertiary alicyclic amines) is 1. The van der Waals surface area contributed by atoms with Crippen LogP contribution in [0.1, 0.15) is 71.6 Å². The Kier molecular flexibility index (Phi) is 5.43. The monoisotopic (exact) mass is 306 g/mol. The third-order valence-corrected chi connectivity index (χ3v) is 6.31. The van der Waals surface area contributed by atoms with Crippen LogP contribution in [0.15, 0.2) is 0 Å². The molecule has 0 aromatic carbocycles. The average molecular weight is 306 g/mol. The molecule has 0 N–H and O–H groups in total. The first-order valence-corrected chi connectivity index (χ1v) is 9.79. The molecule has 0 aromatic heterocycles. The summed E-state index contributed by atoms with van der Waals surface area (Å²) in [5.41, 5.74) is 0. The number of hydrogen-bond acceptors (Lipinski definition) is 2. The number of carbonyl (C=O) groups excluding carboxylic acids is 1. The zero-order valence-corrected chi connectivity index (χ0v) is 14.6. The lowest BCUT2D eigenvalue weighted by Crippen LogP contribution is -2.65. The number of rotatable bonds is 5. The molecule has 3 heteroatoms. The average Bonchev–Trinajstić information content (AvgIpc) is 2.54. The van der Waals surface area contributed by atoms with E-state index < -0.39 is 0 Å². The van der Waals surface area contributed by atoms with E-state index in [2.05, 4.69) is 23.6 Å². The van der Waals surface area contributed by atoms with E-state index in [1.54, 1.807) is 0 Å². The van der Waals surface area contributed by atoms with Gasteiger partial charge in [-0.15, -0.1) is 0 Å². The van der Waals surface area contributed by atoms with Crippen molar-refractivity contribution in [2.24, 2.45) is 11.8 Å². The number of carbonyl (C=O) groups is 1. The molecule has 3 heterocycles. The van der Waals surface area contributed by atoms with Gasteiger partial charge in [-0.1, -0.05) is 26.7 Å². The van der Waals surface area contributed by atoms with Crippen LogP contribution in [-0.2, 0) is 4.79 Å². The van der Waals surface area contributed by atoms with E-state index in [-0.39, 0.29) is 0 Å². The molecule has 0 aromatic rings. The Labute approximate surface area is 136 Å². The van der Waals surface area contributed by atoms with Gasteiger partial charge in [0.2, 0.25) is 5.91 Å². The van der Waals surface area contributed by atoms with Gasteiger partial charge in [0.15, 0.2) is 0 Å². The Morgan fingerprint density at radius 2 is 1.86 bits per heavy atom. The zero-order valence-electron chi connectivity index (χ0n) is 14.6. The first-order chi connectivity index (χ1) is 10.8. The molecule has 3 saturated heterocycles. The Balaban J connectivity index is 1.81. The summed E-state index contributed by atoms with van der Waals surface area (Å²) in [7, 11) is 0. The molecular weight excluding hydrogens is 272 g/mol. The van der Waals surface area contributed by atoms with Crippen LogP contribution < -0.4 is 0 Å². The van der Waals surface area contributed by atoms with Gasteiger partial charge in [-0.05, 0) is 63.5 Å². The highest BCUT2D eigenvalue weighted by Gasteiger charge is 2.49. The van der Waals surface area contributed by atoms with Crippen LogP contribution in [0.4, 0.5) is 0 Å². The van der Waals surface area contributed by atoms with Gasteiger partial charge in [0.25, 0.3) is 0 Å². The second-order valence-corrected chi connectivity index (χ2v) is 7.74. The maximum atomic E-state index is 12.7. The van der Waals surface area contributed by atoms with E-state index in [4.69, 9.17) is 0 Å². The van der Waals surface area contributed by atoms with Gasteiger partial charge in [0, 0.05) is 25.0 Å². The van der Waals surface area contributed by atoms with Crippen molar-refractivity contribution >= 4 is 5.91 Å². The molecule has 0 unspecified atom stereocenters. The van der Waals surface area contributed by atoms with E-state index in [0.29, 0.717) is 11.9 Å². The van der Waals surface area contributed by atoms with Crippen LogP contribution in [0.25, 0.3) is 0 Å². The summed E-state index contributed by atoms with van der Waals surface area (Å²) in [5.74, 6) is 1.93. The molecule has 1 amide bonds. The molecule has 4 atom stereocenters. The fraction of sp³-hybridized carbons (Fsp3) is 0.947. The first-order valence-electron chi connectivity index (χ1n) is 9.79. The lowest BCUT2D eigenvalue weighted by Gasteiger charge is -2.57. The topological polar surface area (TPSA) is 23.6 Å². The molecule has 22 heavy (non-hydrogen) atoms. The van der Waals surface area contributed by atoms with Gasteiger partial charge >= 0.3 is 0 Å². The van der Waals surface area contributed by atoms with Crippen LogP contribution in [0.3, 0.4) is 0 Å². The molecule has 0 bridgehead atoms. The molecule has 0 aliphatic carbocycles. The van der Waals surface area contributed by atoms with Crippen molar-refractivity contribution in [1.82, 2.24) is 9.80 Å². The van der Waals surface area contributed by atoms with Crippen LogP contribution in [-0.4, -0.2) is 47.4 Å². The Morgan fingerprint density at radius 1 is 1.09 bits per heavy atom. The summed E-state index contributed by atoms with van der Waals surface area (Å²) in [6, 6.07) is 1.32. The predicted octanol–water partition coefficient (Wildman–Crippen LogP) is 3.68. The molecule has 0 spiro atoms. The van der Waals surface area contributed by atoms with Crippen molar-refractivity contribution in [3.05, 3.63) is 0 Å². The maximum absolute atomic E-state index is 12.7. The van der Waals surface area contributed by atoms with Gasteiger partial charge in [-0.25, -0.2) is 0 Å². The van der Waals surface area contributed by atoms with Crippen molar-refractivity contribution in [2.75, 3.05) is 19.6 Å². The smallest absolute Gasteiger partial charge is 0.222 e. The van der Waals surface area contributed by atoms with Crippen molar-refractivity contribution in [2.45, 2.75) is 83.7 Å². The highest BCUT2D eigenvalue weighted by molar-refractivity contribution is 5.76. The molecule has 126 valence electrons. The maximum Gasteiger partial charge on any atom is 0.222 e. The van der Waals surface area contributed by atoms with Crippen LogP contribution in [0.2, 0.25) is 0 Å². The highest BCUT2D eigenvalue weighted by atomic mass is 16.2. The standard InChI is InChI=1S/C19H34N2O/c1-3-5-11-17-16-10-7-13-20-12-6-9-15(19(16)20)14-21(17)18(22)8-4-2/h15-17,19H,3-14H2,1-2H3/t15-,16+,17+,19-/m0/s1. The predicted molar refractivity (Wildman–Crippen MR) is 90.7 cm³/mol. The van der Waals surface area contributed by atoms with Crippen molar-refractivity contribution in [3.8, 4) is 0 Å². The zero-order chi connectivity index (χ0) is 15.5. The molecule has 3 fully saturated rings. The minimum atomic E-state index is 0.435. The second kappa shape index (κ2) is 7.33. The molecule has 0 radical (unpaired) electrons. The fourth-order valence-corrected chi connectivity index (χ4v) is 5.42. The number of piperidine rings is 3. The summed E-state index contributed by atoms with van der Waals surface area (Å²) in [6.07, 6.45) is 10.8. The molecule has 3 nitrogen and oxygen atoms in total. The fourth-order valence-electron chi connectivity index (χ4n) is 5.42. The number of unbranched alkanes of at least 4 members (excludes halogenated alkanes) is 1. The highest BCUT2D eigenvalue weighted by Crippen LogP contribution is 2.43. The van der Waals surface area contributed by atoms with Crippen molar-refractivity contribution < 1.29 is 4.79 Å². The van der Waals surface area contributed by atoms with Crippen molar-refractivity contribution in [3.63, 3.8) is 0 Å². The molecule has 3 rings (SSSR count). The van der Waals surface area contributed by atoms with Crippen LogP contribution >= 0.6 is 0 Å². The Morgan fingerprint density at radius 3 is 2.59 bits per heavy atom. The number of nitrogens with zero attached hydrogens (tertiary/aromatic N) is 2. The lowest BCUT2D eigenvalue weighted by molar-refractivity contribution is -0.146. The minimum Gasteiger partial charge on any atom is -0.339 e. The SMILES string of the molecule is CCCC[C@@H]1[C@H]2CCCN3CCC[C@@H](CN1C(=O)CCC)[C@@H]23. The number of amides is 1. The molecule has 3 aliphatic heterocycles. The molecular formula is C19H34N2O. The van der Waals surface area contributed by atoms with Crippen LogP contribution in [0.5, 0.6) is 0 Å². The van der Waals surface area contributed by atoms with E-state index >= 15 is 0 Å². The lowest BCUT2D eigenvalue weighted by atomic mass is 9.69. The van der Waals surface area contributed by atoms with E-state index in [9.17, 15) is 4.79 Å². The summed E-state index contributed by atoms with van der Waals surface area (Å²) in [5, 5.41) is 0. The van der Waals surface area contributed by atoms with Crippen molar-refractivity contribution in [1.29, 1.82) is 0 Å². The van der Waals surface area contributed by atoms with E-state index in [1.807, 2.05) is 0 Å². The normalized spacial score (nSPS) is 35.3. The third-order valence-electron chi connectivity index (χ3n) is 6.31. The molecule has 3 aliphatic rings. The Bertz CT molecular complexity index is 382. The van der Waals surface area contributed by atoms with Crippen LogP contribution in [0, 0.1) is 11.8 Å². The van der Waals surface area contributed by atoms with Gasteiger partial charge < -0.3 is 4.90 Å². The quantitative estimate of drug-likeness (QED) is 0.773. The van der Waals surface area contributed by atoms with Gasteiger partial charge in [-0.3, -0.25) is 9.69 Å². The third kappa shape index (κ3) is 3.06. The summed E-state index contributed by atoms with van der Waals surface area (Å²) < 4.78 is 0. The largest absolute Gasteiger partial charge is 0.339 e. The summed E-state index contributed by atoms with van der Waals surface area (Å²) >= 11 is 0. The van der Waals surface area contributed by atoms with Gasteiger partial charge in [-0.2, -0.15) is 0 Å². The molecule has 0 saturated carbocycles. The number of hydrogen-bond donors (Lipinski definition) is 0. The first kappa shape index (κ1) is 16.3. The summed E-state index contributed by atoms with van der Waals surface area (Å²) in [6.45, 7) is 8.07. The summed E-state index contributed by atoms with van der Waals surface area (Å²) in [4.78, 5) is 17.8.